The minimum absolute atomic E-state index is 0. The molecule has 0 aliphatic rings. The highest BCUT2D eigenvalue weighted by Crippen LogP contribution is 2.11. The molecule has 2 aromatic carbocycles. The SMILES string of the molecule is Cc1ccc(C(N)C(=O)NCCCOCCc2ccccc2)cc1.Cl. The van der Waals surface area contributed by atoms with Crippen molar-refractivity contribution >= 4 is 18.3 Å². The summed E-state index contributed by atoms with van der Waals surface area (Å²) in [5.74, 6) is -0.150. The van der Waals surface area contributed by atoms with Gasteiger partial charge in [-0.1, -0.05) is 60.2 Å². The second-order valence-electron chi connectivity index (χ2n) is 5.88. The number of amides is 1. The third kappa shape index (κ3) is 7.69. The van der Waals surface area contributed by atoms with Crippen molar-refractivity contribution in [2.24, 2.45) is 5.73 Å². The highest BCUT2D eigenvalue weighted by Gasteiger charge is 2.14. The van der Waals surface area contributed by atoms with Gasteiger partial charge in [0.15, 0.2) is 0 Å². The number of carbonyl (C=O) groups excluding carboxylic acids is 1. The maximum atomic E-state index is 12.0. The summed E-state index contributed by atoms with van der Waals surface area (Å²) in [6.07, 6.45) is 1.69. The number of hydrogen-bond donors (Lipinski definition) is 2. The normalized spacial score (nSPS) is 11.4. The Labute approximate surface area is 156 Å². The van der Waals surface area contributed by atoms with Gasteiger partial charge in [0, 0.05) is 13.2 Å². The van der Waals surface area contributed by atoms with Gasteiger partial charge in [-0.05, 0) is 30.9 Å². The van der Waals surface area contributed by atoms with E-state index in [-0.39, 0.29) is 18.3 Å². The number of hydrogen-bond acceptors (Lipinski definition) is 3. The zero-order valence-electron chi connectivity index (χ0n) is 14.6. The third-order valence-corrected chi connectivity index (χ3v) is 3.86. The predicted molar refractivity (Wildman–Crippen MR) is 104 cm³/mol. The Kier molecular flexibility index (Phi) is 9.85. The lowest BCUT2D eigenvalue weighted by molar-refractivity contribution is -0.122. The number of rotatable bonds is 9. The van der Waals surface area contributed by atoms with Crippen LogP contribution in [0.3, 0.4) is 0 Å². The molecule has 3 N–H and O–H groups in total. The maximum Gasteiger partial charge on any atom is 0.241 e. The summed E-state index contributed by atoms with van der Waals surface area (Å²) in [7, 11) is 0. The molecule has 1 unspecified atom stereocenters. The molecule has 25 heavy (non-hydrogen) atoms. The molecule has 5 heteroatoms. The Morgan fingerprint density at radius 2 is 1.76 bits per heavy atom. The van der Waals surface area contributed by atoms with Crippen LogP contribution in [0.25, 0.3) is 0 Å². The van der Waals surface area contributed by atoms with Crippen LogP contribution in [-0.4, -0.2) is 25.7 Å². The average molecular weight is 363 g/mol. The highest BCUT2D eigenvalue weighted by molar-refractivity contribution is 5.85. The molecule has 0 aliphatic heterocycles. The van der Waals surface area contributed by atoms with Crippen LogP contribution >= 0.6 is 12.4 Å². The lowest BCUT2D eigenvalue weighted by atomic mass is 10.1. The second kappa shape index (κ2) is 11.6. The van der Waals surface area contributed by atoms with Crippen molar-refractivity contribution in [1.82, 2.24) is 5.32 Å². The summed E-state index contributed by atoms with van der Waals surface area (Å²) >= 11 is 0. The van der Waals surface area contributed by atoms with Gasteiger partial charge in [-0.15, -0.1) is 12.4 Å². The Morgan fingerprint density at radius 1 is 1.08 bits per heavy atom. The van der Waals surface area contributed by atoms with E-state index in [1.54, 1.807) is 0 Å². The van der Waals surface area contributed by atoms with Crippen molar-refractivity contribution in [3.8, 4) is 0 Å². The standard InChI is InChI=1S/C20H26N2O2.ClH/c1-16-8-10-18(11-9-16)19(21)20(23)22-13-5-14-24-15-12-17-6-3-2-4-7-17;/h2-4,6-11,19H,5,12-15,21H2,1H3,(H,22,23);1H. The van der Waals surface area contributed by atoms with Crippen LogP contribution in [0.15, 0.2) is 54.6 Å². The molecule has 0 bridgehead atoms. The van der Waals surface area contributed by atoms with Crippen molar-refractivity contribution < 1.29 is 9.53 Å². The van der Waals surface area contributed by atoms with Crippen molar-refractivity contribution in [3.63, 3.8) is 0 Å². The Morgan fingerprint density at radius 3 is 2.44 bits per heavy atom. The molecule has 136 valence electrons. The molecule has 0 fully saturated rings. The van der Waals surface area contributed by atoms with Crippen LogP contribution in [-0.2, 0) is 16.0 Å². The minimum atomic E-state index is -0.621. The van der Waals surface area contributed by atoms with E-state index in [2.05, 4.69) is 17.4 Å². The Bertz CT molecular complexity index is 617. The van der Waals surface area contributed by atoms with E-state index in [9.17, 15) is 4.79 Å². The first-order chi connectivity index (χ1) is 11.7. The maximum absolute atomic E-state index is 12.0. The number of carbonyl (C=O) groups is 1. The van der Waals surface area contributed by atoms with Crippen molar-refractivity contribution in [2.45, 2.75) is 25.8 Å². The zero-order chi connectivity index (χ0) is 17.2. The summed E-state index contributed by atoms with van der Waals surface area (Å²) in [6.45, 7) is 3.91. The molecular weight excluding hydrogens is 336 g/mol. The second-order valence-corrected chi connectivity index (χ2v) is 5.88. The lowest BCUT2D eigenvalue weighted by Crippen LogP contribution is -2.35. The van der Waals surface area contributed by atoms with Crippen molar-refractivity contribution in [2.75, 3.05) is 19.8 Å². The number of benzene rings is 2. The fraction of sp³-hybridized carbons (Fsp3) is 0.350. The van der Waals surface area contributed by atoms with Gasteiger partial charge in [0.1, 0.15) is 6.04 Å². The van der Waals surface area contributed by atoms with Gasteiger partial charge in [0.2, 0.25) is 5.91 Å². The van der Waals surface area contributed by atoms with Crippen LogP contribution in [0.2, 0.25) is 0 Å². The molecule has 2 rings (SSSR count). The van der Waals surface area contributed by atoms with E-state index in [1.165, 1.54) is 5.56 Å². The Balaban J connectivity index is 0.00000312. The molecule has 0 aliphatic carbocycles. The number of aryl methyl sites for hydroxylation is 1. The highest BCUT2D eigenvalue weighted by atomic mass is 35.5. The average Bonchev–Trinajstić information content (AvgIpc) is 2.61. The molecule has 0 radical (unpaired) electrons. The predicted octanol–water partition coefficient (Wildman–Crippen LogP) is 3.18. The van der Waals surface area contributed by atoms with Gasteiger partial charge in [-0.3, -0.25) is 4.79 Å². The molecule has 0 spiro atoms. The monoisotopic (exact) mass is 362 g/mol. The fourth-order valence-corrected chi connectivity index (χ4v) is 2.36. The molecule has 0 aromatic heterocycles. The summed E-state index contributed by atoms with van der Waals surface area (Å²) in [5, 5.41) is 2.86. The van der Waals surface area contributed by atoms with Crippen LogP contribution in [0.1, 0.15) is 29.2 Å². The largest absolute Gasteiger partial charge is 0.381 e. The smallest absolute Gasteiger partial charge is 0.241 e. The fourth-order valence-electron chi connectivity index (χ4n) is 2.36. The van der Waals surface area contributed by atoms with Gasteiger partial charge in [0.05, 0.1) is 6.61 Å². The summed E-state index contributed by atoms with van der Waals surface area (Å²) < 4.78 is 5.60. The van der Waals surface area contributed by atoms with E-state index in [0.717, 1.165) is 24.0 Å². The first kappa shape index (κ1) is 21.2. The van der Waals surface area contributed by atoms with Crippen LogP contribution in [0, 0.1) is 6.92 Å². The summed E-state index contributed by atoms with van der Waals surface area (Å²) in [4.78, 5) is 12.0. The number of nitrogens with one attached hydrogen (secondary N) is 1. The zero-order valence-corrected chi connectivity index (χ0v) is 15.4. The van der Waals surface area contributed by atoms with E-state index in [4.69, 9.17) is 10.5 Å². The summed E-state index contributed by atoms with van der Waals surface area (Å²) in [5.41, 5.74) is 9.23. The van der Waals surface area contributed by atoms with E-state index in [0.29, 0.717) is 19.8 Å². The number of halogens is 1. The third-order valence-electron chi connectivity index (χ3n) is 3.86. The quantitative estimate of drug-likeness (QED) is 0.673. The minimum Gasteiger partial charge on any atom is -0.381 e. The molecule has 1 amide bonds. The molecular formula is C20H27ClN2O2. The topological polar surface area (TPSA) is 64.4 Å². The number of nitrogens with two attached hydrogens (primary N) is 1. The molecule has 2 aromatic rings. The number of ether oxygens (including phenoxy) is 1. The van der Waals surface area contributed by atoms with Crippen LogP contribution < -0.4 is 11.1 Å². The first-order valence-corrected chi connectivity index (χ1v) is 8.38. The van der Waals surface area contributed by atoms with E-state index in [1.807, 2.05) is 49.4 Å². The lowest BCUT2D eigenvalue weighted by Gasteiger charge is -2.13. The van der Waals surface area contributed by atoms with Crippen LogP contribution in [0.5, 0.6) is 0 Å². The van der Waals surface area contributed by atoms with Gasteiger partial charge >= 0.3 is 0 Å². The molecule has 0 heterocycles. The van der Waals surface area contributed by atoms with Crippen LogP contribution in [0.4, 0.5) is 0 Å². The van der Waals surface area contributed by atoms with Gasteiger partial charge < -0.3 is 15.8 Å². The van der Waals surface area contributed by atoms with Crippen molar-refractivity contribution in [1.29, 1.82) is 0 Å². The molecule has 1 atom stereocenters. The van der Waals surface area contributed by atoms with Gasteiger partial charge in [-0.25, -0.2) is 0 Å². The molecule has 0 saturated carbocycles. The van der Waals surface area contributed by atoms with Crippen molar-refractivity contribution in [3.05, 3.63) is 71.3 Å². The molecule has 4 nitrogen and oxygen atoms in total. The molecule has 0 saturated heterocycles. The first-order valence-electron chi connectivity index (χ1n) is 8.38. The van der Waals surface area contributed by atoms with Gasteiger partial charge in [-0.2, -0.15) is 0 Å². The van der Waals surface area contributed by atoms with E-state index >= 15 is 0 Å². The summed E-state index contributed by atoms with van der Waals surface area (Å²) in [6, 6.07) is 17.3. The Hall–Kier alpha value is -1.88. The van der Waals surface area contributed by atoms with E-state index < -0.39 is 6.04 Å². The van der Waals surface area contributed by atoms with Gasteiger partial charge in [0.25, 0.3) is 0 Å².